The molecule has 1 aromatic carbocycles. The van der Waals surface area contributed by atoms with Crippen molar-refractivity contribution < 1.29 is 103 Å². The number of carboxylic acids is 1. The first-order valence-electron chi connectivity index (χ1n) is 40.1. The second kappa shape index (κ2) is 59.1. The van der Waals surface area contributed by atoms with E-state index >= 15 is 0 Å². The molecule has 0 aliphatic carbocycles. The number of benzene rings is 1. The number of ketones is 6. The third kappa shape index (κ3) is 45.1. The number of aliphatic hydroxyl groups excluding tert-OH is 4. The van der Waals surface area contributed by atoms with Crippen molar-refractivity contribution >= 4 is 93.9 Å². The number of nitrogens with one attached hydrogen (secondary N) is 6. The van der Waals surface area contributed by atoms with Gasteiger partial charge in [0.2, 0.25) is 47.3 Å². The van der Waals surface area contributed by atoms with Crippen LogP contribution in [0, 0.1) is 41.4 Å². The van der Waals surface area contributed by atoms with Gasteiger partial charge in [0, 0.05) is 75.7 Å². The fraction of sp³-hybridized carbons (Fsp3) is 0.722. The number of phenolic OH excluding ortho intramolecular Hbond substituents is 1. The SMILES string of the molecule is CCCCCCCCCCCCCCCC(=O)C[C@H](CO)C(=O)NCC(=O)C[C@@H](Cc1ccc(O)cc1)C(=O)N[C@@H](CCC(N)=O)C(=O)C[C@@H](CCCCN)C(=O)N[C@@H](CCCCN)C(=O)C[C@@H](CC(C)C)C(=O)N[C@@H](CCCN=C(N)N)C(=O)C[C@@H](CO)C(=O)N[C@@H](CO)C(=O)C[C@H](C(=O)N[C@@H](CC(=O)O)C(N)=O)[C@@H](C)O. The number of carbonyl (C=O) groups excluding carboxylic acids is 14. The number of Topliss-reactive ketones (excluding diaryl/α,β-unsaturated/α-hetero) is 6. The zero-order valence-corrected chi connectivity index (χ0v) is 66.8. The third-order valence-electron chi connectivity index (χ3n) is 19.7. The van der Waals surface area contributed by atoms with Crippen LogP contribution in [-0.4, -0.2) is 207 Å². The average Bonchev–Trinajstić information content (AvgIpc) is 0.859. The Hall–Kier alpha value is -8.70. The molecule has 24 N–H and O–H groups in total. The van der Waals surface area contributed by atoms with Crippen LogP contribution in [0.5, 0.6) is 5.75 Å². The van der Waals surface area contributed by atoms with Gasteiger partial charge in [-0.1, -0.05) is 116 Å². The van der Waals surface area contributed by atoms with Crippen molar-refractivity contribution in [1.82, 2.24) is 31.9 Å². The molecule has 34 nitrogen and oxygen atoms in total. The molecule has 0 saturated carbocycles. The van der Waals surface area contributed by atoms with Gasteiger partial charge in [0.25, 0.3) is 0 Å². The molecule has 0 aliphatic rings. The van der Waals surface area contributed by atoms with Crippen molar-refractivity contribution in [2.45, 2.75) is 276 Å². The number of amides is 8. The highest BCUT2D eigenvalue weighted by Gasteiger charge is 2.38. The van der Waals surface area contributed by atoms with Gasteiger partial charge in [0.15, 0.2) is 34.9 Å². The molecule has 0 radical (unpaired) electrons. The van der Waals surface area contributed by atoms with Gasteiger partial charge >= 0.3 is 5.97 Å². The van der Waals surface area contributed by atoms with Crippen LogP contribution >= 0.6 is 0 Å². The summed E-state index contributed by atoms with van der Waals surface area (Å²) in [5.41, 5.74) is 34.1. The number of primary amides is 2. The molecular formula is C79H133N13O21. The molecule has 0 saturated heterocycles. The number of nitrogens with two attached hydrogens (primary N) is 6. The van der Waals surface area contributed by atoms with Gasteiger partial charge in [0.1, 0.15) is 23.6 Å². The fourth-order valence-corrected chi connectivity index (χ4v) is 13.0. The summed E-state index contributed by atoms with van der Waals surface area (Å²) in [5.74, 6) is -21.8. The summed E-state index contributed by atoms with van der Waals surface area (Å²) in [5, 5.41) is 75.4. The van der Waals surface area contributed by atoms with Gasteiger partial charge in [-0.15, -0.1) is 0 Å². The summed E-state index contributed by atoms with van der Waals surface area (Å²) in [7, 11) is 0. The predicted octanol–water partition coefficient (Wildman–Crippen LogP) is 1.35. The van der Waals surface area contributed by atoms with Crippen molar-refractivity contribution in [3.8, 4) is 5.75 Å². The lowest BCUT2D eigenvalue weighted by Gasteiger charge is -2.27. The maximum Gasteiger partial charge on any atom is 0.305 e. The number of aliphatic imine (C=N–C) groups is 1. The number of carbonyl (C=O) groups is 15. The minimum absolute atomic E-state index is 0.00627. The maximum atomic E-state index is 14.8. The van der Waals surface area contributed by atoms with E-state index in [1.165, 1.54) is 75.6 Å². The first-order chi connectivity index (χ1) is 53.6. The lowest BCUT2D eigenvalue weighted by molar-refractivity contribution is -0.141. The Morgan fingerprint density at radius 1 is 0.434 bits per heavy atom. The average molecular weight is 1600 g/mol. The van der Waals surface area contributed by atoms with Crippen LogP contribution in [0.1, 0.15) is 239 Å². The smallest absolute Gasteiger partial charge is 0.305 e. The molecule has 0 heterocycles. The van der Waals surface area contributed by atoms with Crippen molar-refractivity contribution in [2.75, 3.05) is 46.0 Å². The van der Waals surface area contributed by atoms with E-state index in [1.807, 2.05) is 0 Å². The minimum atomic E-state index is -1.80. The number of aromatic hydroxyl groups is 1. The zero-order chi connectivity index (χ0) is 85.0. The number of nitrogens with zero attached hydrogens (tertiary/aromatic N) is 1. The van der Waals surface area contributed by atoms with Crippen LogP contribution in [0.25, 0.3) is 0 Å². The van der Waals surface area contributed by atoms with Gasteiger partial charge < -0.3 is 96.9 Å². The zero-order valence-electron chi connectivity index (χ0n) is 66.8. The fourth-order valence-electron chi connectivity index (χ4n) is 13.0. The van der Waals surface area contributed by atoms with E-state index in [4.69, 9.17) is 39.5 Å². The van der Waals surface area contributed by atoms with Crippen LogP contribution in [0.3, 0.4) is 0 Å². The standard InChI is InChI=1S/C79H133N13O21/c1-5-6-7-8-9-10-11-12-13-14-15-16-17-24-58(98)39-55(46-93)73(108)87-45-59(99)38-54(37-51-27-29-57(97)30-28-51)76(111)90-63(31-32-70(82)104)66(100)40-52(23-18-20-33-80)74(109)88-61(25-19-21-34-81)67(101)41-53(36-49(2)3)75(110)89-62(26-22-35-86-79(84)85)68(102)42-56(47-94)77(112)92-65(48-95)69(103)43-60(50(4)96)78(113)91-64(72(83)107)44-71(105)106/h27-30,49-50,52-56,60-65,93-97H,5-26,31-48,80-81H2,1-4H3,(H2,82,104)(H2,83,107)(H,87,108)(H,88,109)(H,89,110)(H,90,111)(H,91,113)(H,92,112)(H,105,106)(H4,84,85,86)/t50-,52-,53-,54-,55-,56+,60+,61+,62+,63+,64+,65+/m1/s1. The number of rotatable bonds is 69. The molecule has 1 rings (SSSR count). The minimum Gasteiger partial charge on any atom is -0.508 e. The van der Waals surface area contributed by atoms with E-state index in [1.54, 1.807) is 13.8 Å². The second-order valence-electron chi connectivity index (χ2n) is 30.1. The van der Waals surface area contributed by atoms with Crippen molar-refractivity contribution in [1.29, 1.82) is 0 Å². The molecule has 113 heavy (non-hydrogen) atoms. The maximum absolute atomic E-state index is 14.8. The number of carboxylic acid groups (broad SMARTS) is 1. The Morgan fingerprint density at radius 2 is 0.876 bits per heavy atom. The molecule has 8 amide bonds. The Labute approximate surface area is 663 Å². The third-order valence-corrected chi connectivity index (χ3v) is 19.7. The first-order valence-corrected chi connectivity index (χ1v) is 40.1. The van der Waals surface area contributed by atoms with Gasteiger partial charge in [0.05, 0.1) is 74.8 Å². The Kier molecular flexibility index (Phi) is 53.5. The molecule has 12 atom stereocenters. The van der Waals surface area contributed by atoms with E-state index in [2.05, 4.69) is 43.8 Å². The van der Waals surface area contributed by atoms with Gasteiger partial charge in [-0.2, -0.15) is 0 Å². The Balaban J connectivity index is 3.52. The van der Waals surface area contributed by atoms with Crippen LogP contribution in [0.4, 0.5) is 0 Å². The topological polar surface area (TPSA) is 618 Å². The molecule has 34 heteroatoms. The molecule has 640 valence electrons. The van der Waals surface area contributed by atoms with Crippen LogP contribution in [-0.2, 0) is 78.3 Å². The number of aliphatic carboxylic acids is 1. The van der Waals surface area contributed by atoms with E-state index in [9.17, 15) is 97.5 Å². The van der Waals surface area contributed by atoms with E-state index in [-0.39, 0.29) is 101 Å². The Bertz CT molecular complexity index is 3170. The highest BCUT2D eigenvalue weighted by Crippen LogP contribution is 2.25. The molecule has 1 aromatic rings. The summed E-state index contributed by atoms with van der Waals surface area (Å²) in [4.78, 5) is 207. The highest BCUT2D eigenvalue weighted by molar-refractivity contribution is 5.99. The van der Waals surface area contributed by atoms with E-state index in [0.717, 1.165) is 32.6 Å². The number of hydrogen-bond acceptors (Lipinski definition) is 23. The van der Waals surface area contributed by atoms with Gasteiger partial charge in [-0.05, 0) is 114 Å². The molecular weight excluding hydrogens is 1470 g/mol. The first kappa shape index (κ1) is 102. The van der Waals surface area contributed by atoms with E-state index in [0.29, 0.717) is 37.7 Å². The number of guanidine groups is 1. The van der Waals surface area contributed by atoms with Gasteiger partial charge in [-0.3, -0.25) is 76.9 Å². The largest absolute Gasteiger partial charge is 0.508 e. The van der Waals surface area contributed by atoms with Crippen LogP contribution in [0.2, 0.25) is 0 Å². The van der Waals surface area contributed by atoms with Crippen molar-refractivity contribution in [3.05, 3.63) is 29.8 Å². The predicted molar refractivity (Wildman–Crippen MR) is 421 cm³/mol. The number of phenols is 1. The summed E-state index contributed by atoms with van der Waals surface area (Å²) in [6.45, 7) is 3.81. The number of aliphatic hydroxyl groups is 4. The molecule has 0 spiro atoms. The molecule has 0 fully saturated rings. The normalized spacial score (nSPS) is 14.5. The lowest BCUT2D eigenvalue weighted by atomic mass is 9.87. The lowest BCUT2D eigenvalue weighted by Crippen LogP contribution is -2.52. The monoisotopic (exact) mass is 1600 g/mol. The van der Waals surface area contributed by atoms with E-state index < -0.39 is 225 Å². The summed E-state index contributed by atoms with van der Waals surface area (Å²) < 4.78 is 0. The molecule has 0 unspecified atom stereocenters. The summed E-state index contributed by atoms with van der Waals surface area (Å²) >= 11 is 0. The summed E-state index contributed by atoms with van der Waals surface area (Å²) in [6.07, 6.45) is 9.36. The van der Waals surface area contributed by atoms with Crippen molar-refractivity contribution in [3.63, 3.8) is 0 Å². The number of unbranched alkanes of at least 4 members (excludes halogenated alkanes) is 14. The van der Waals surface area contributed by atoms with Gasteiger partial charge in [-0.25, -0.2) is 0 Å². The Morgan fingerprint density at radius 3 is 1.36 bits per heavy atom. The van der Waals surface area contributed by atoms with Crippen LogP contribution < -0.4 is 66.3 Å². The second-order valence-corrected chi connectivity index (χ2v) is 30.1. The number of hydrogen-bond donors (Lipinski definition) is 18. The quantitative estimate of drug-likeness (QED) is 0.0249. The highest BCUT2D eigenvalue weighted by atomic mass is 16.4. The van der Waals surface area contributed by atoms with Crippen LogP contribution in [0.15, 0.2) is 29.3 Å². The van der Waals surface area contributed by atoms with Crippen molar-refractivity contribution in [2.24, 2.45) is 80.8 Å². The molecule has 0 bridgehead atoms. The summed E-state index contributed by atoms with van der Waals surface area (Å²) in [6, 6.07) is -2.00. The molecule has 0 aliphatic heterocycles. The molecule has 0 aromatic heterocycles.